The van der Waals surface area contributed by atoms with Gasteiger partial charge in [0.1, 0.15) is 0 Å². The summed E-state index contributed by atoms with van der Waals surface area (Å²) in [6.07, 6.45) is 3.76. The average molecular weight is 184 g/mol. The molecule has 0 amide bonds. The molecule has 0 saturated carbocycles. The molecular weight excluding hydrogens is 168 g/mol. The van der Waals surface area contributed by atoms with Gasteiger partial charge in [0.2, 0.25) is 0 Å². The highest BCUT2D eigenvalue weighted by Crippen LogP contribution is 1.99. The largest absolute Gasteiger partial charge is 0.336 e. The van der Waals surface area contributed by atoms with Gasteiger partial charge >= 0.3 is 0 Å². The molecule has 1 heterocycles. The molecule has 74 valence electrons. The quantitative estimate of drug-likeness (QED) is 0.646. The molecule has 0 aromatic carbocycles. The highest BCUT2D eigenvalue weighted by atomic mass is 16.7. The number of nitrogens with two attached hydrogens (primary N) is 1. The van der Waals surface area contributed by atoms with E-state index in [4.69, 9.17) is 10.6 Å². The highest BCUT2D eigenvalue weighted by Gasteiger charge is 2.01. The van der Waals surface area contributed by atoms with Crippen LogP contribution in [0.25, 0.3) is 0 Å². The first-order valence-electron chi connectivity index (χ1n) is 4.22. The Morgan fingerprint density at radius 2 is 2.46 bits per heavy atom. The van der Waals surface area contributed by atoms with E-state index in [1.807, 2.05) is 17.8 Å². The number of hydroxylamine groups is 2. The summed E-state index contributed by atoms with van der Waals surface area (Å²) in [6.45, 7) is 2.13. The summed E-state index contributed by atoms with van der Waals surface area (Å²) in [4.78, 5) is 9.19. The van der Waals surface area contributed by atoms with Crippen LogP contribution >= 0.6 is 0 Å². The van der Waals surface area contributed by atoms with E-state index < -0.39 is 0 Å². The third kappa shape index (κ3) is 3.14. The number of nitrogens with zero attached hydrogens (tertiary/aromatic N) is 3. The summed E-state index contributed by atoms with van der Waals surface area (Å²) in [5.74, 6) is 0. The van der Waals surface area contributed by atoms with Crippen LogP contribution in [0.3, 0.4) is 0 Å². The Labute approximate surface area is 78.1 Å². The van der Waals surface area contributed by atoms with Crippen molar-refractivity contribution in [3.8, 4) is 0 Å². The fraction of sp³-hybridized carbons (Fsp3) is 0.625. The van der Waals surface area contributed by atoms with Gasteiger partial charge in [-0.05, 0) is 0 Å². The van der Waals surface area contributed by atoms with Crippen molar-refractivity contribution in [1.29, 1.82) is 0 Å². The van der Waals surface area contributed by atoms with E-state index in [1.165, 1.54) is 0 Å². The summed E-state index contributed by atoms with van der Waals surface area (Å²) in [5, 5.41) is 1.72. The number of rotatable bonds is 5. The van der Waals surface area contributed by atoms with Gasteiger partial charge < -0.3 is 15.1 Å². The third-order valence-corrected chi connectivity index (χ3v) is 1.77. The Morgan fingerprint density at radius 1 is 1.69 bits per heavy atom. The summed E-state index contributed by atoms with van der Waals surface area (Å²) >= 11 is 0. The average Bonchev–Trinajstić information content (AvgIpc) is 2.53. The van der Waals surface area contributed by atoms with Gasteiger partial charge in [0, 0.05) is 26.3 Å². The Balaban J connectivity index is 2.48. The van der Waals surface area contributed by atoms with Crippen molar-refractivity contribution < 1.29 is 4.84 Å². The molecule has 5 heteroatoms. The minimum atomic E-state index is 0.635. The molecule has 0 bridgehead atoms. The van der Waals surface area contributed by atoms with Gasteiger partial charge in [0.15, 0.2) is 0 Å². The minimum absolute atomic E-state index is 0.635. The van der Waals surface area contributed by atoms with Crippen molar-refractivity contribution in [3.63, 3.8) is 0 Å². The van der Waals surface area contributed by atoms with Crippen LogP contribution in [-0.2, 0) is 17.9 Å². The van der Waals surface area contributed by atoms with Gasteiger partial charge in [-0.1, -0.05) is 0 Å². The number of hydrogen-bond acceptors (Lipinski definition) is 4. The summed E-state index contributed by atoms with van der Waals surface area (Å²) < 4.78 is 1.97. The van der Waals surface area contributed by atoms with Gasteiger partial charge in [0.05, 0.1) is 25.7 Å². The molecule has 0 saturated heterocycles. The highest BCUT2D eigenvalue weighted by molar-refractivity contribution is 4.95. The van der Waals surface area contributed by atoms with Crippen molar-refractivity contribution in [2.24, 2.45) is 5.73 Å². The maximum atomic E-state index is 5.41. The van der Waals surface area contributed by atoms with Crippen molar-refractivity contribution >= 4 is 0 Å². The van der Waals surface area contributed by atoms with Crippen LogP contribution < -0.4 is 5.73 Å². The summed E-state index contributed by atoms with van der Waals surface area (Å²) in [5.41, 5.74) is 6.40. The predicted octanol–water partition coefficient (Wildman–Crippen LogP) is -0.165. The van der Waals surface area contributed by atoms with E-state index in [-0.39, 0.29) is 0 Å². The molecule has 0 aliphatic carbocycles. The Bertz CT molecular complexity index is 248. The molecule has 13 heavy (non-hydrogen) atoms. The van der Waals surface area contributed by atoms with Crippen LogP contribution in [0.5, 0.6) is 0 Å². The normalized spacial score (nSPS) is 11.1. The second-order valence-electron chi connectivity index (χ2n) is 2.86. The zero-order chi connectivity index (χ0) is 9.68. The molecule has 0 radical (unpaired) electrons. The lowest BCUT2D eigenvalue weighted by Crippen LogP contribution is -2.16. The molecule has 2 N–H and O–H groups in total. The predicted molar refractivity (Wildman–Crippen MR) is 49.8 cm³/mol. The SMILES string of the molecule is CON(C)Cc1cn(CCN)cn1. The van der Waals surface area contributed by atoms with E-state index in [9.17, 15) is 0 Å². The van der Waals surface area contributed by atoms with Crippen molar-refractivity contribution in [1.82, 2.24) is 14.6 Å². The molecule has 1 aromatic rings. The monoisotopic (exact) mass is 184 g/mol. The molecule has 0 atom stereocenters. The molecule has 0 unspecified atom stereocenters. The molecule has 0 aliphatic rings. The van der Waals surface area contributed by atoms with E-state index in [2.05, 4.69) is 4.98 Å². The van der Waals surface area contributed by atoms with Crippen molar-refractivity contribution in [2.45, 2.75) is 13.1 Å². The maximum Gasteiger partial charge on any atom is 0.0950 e. The van der Waals surface area contributed by atoms with Gasteiger partial charge in [-0.15, -0.1) is 0 Å². The van der Waals surface area contributed by atoms with Crippen LogP contribution in [0.15, 0.2) is 12.5 Å². The lowest BCUT2D eigenvalue weighted by atomic mass is 10.5. The second-order valence-corrected chi connectivity index (χ2v) is 2.86. The standard InChI is InChI=1S/C8H16N4O/c1-11(13-2)5-8-6-12(4-3-9)7-10-8/h6-7H,3-5,9H2,1-2H3. The first kappa shape index (κ1) is 10.2. The molecule has 1 rings (SSSR count). The molecule has 0 fully saturated rings. The van der Waals surface area contributed by atoms with Crippen LogP contribution in [0.2, 0.25) is 0 Å². The van der Waals surface area contributed by atoms with E-state index in [0.717, 1.165) is 12.2 Å². The van der Waals surface area contributed by atoms with Crippen LogP contribution in [0.1, 0.15) is 5.69 Å². The fourth-order valence-corrected chi connectivity index (χ4v) is 1.05. The Kier molecular flexibility index (Phi) is 3.88. The number of hydrogen-bond donors (Lipinski definition) is 1. The van der Waals surface area contributed by atoms with Crippen LogP contribution in [0.4, 0.5) is 0 Å². The van der Waals surface area contributed by atoms with Crippen LogP contribution in [-0.4, -0.2) is 35.3 Å². The number of aromatic nitrogens is 2. The zero-order valence-electron chi connectivity index (χ0n) is 8.10. The zero-order valence-corrected chi connectivity index (χ0v) is 8.10. The molecule has 0 spiro atoms. The third-order valence-electron chi connectivity index (χ3n) is 1.77. The number of imidazole rings is 1. The van der Waals surface area contributed by atoms with Crippen molar-refractivity contribution in [2.75, 3.05) is 20.7 Å². The smallest absolute Gasteiger partial charge is 0.0950 e. The lowest BCUT2D eigenvalue weighted by molar-refractivity contribution is -0.117. The molecule has 1 aromatic heterocycles. The fourth-order valence-electron chi connectivity index (χ4n) is 1.05. The topological polar surface area (TPSA) is 56.3 Å². The van der Waals surface area contributed by atoms with E-state index in [0.29, 0.717) is 13.1 Å². The Morgan fingerprint density at radius 3 is 3.08 bits per heavy atom. The van der Waals surface area contributed by atoms with Gasteiger partial charge in [0.25, 0.3) is 0 Å². The molecular formula is C8H16N4O. The first-order valence-corrected chi connectivity index (χ1v) is 4.22. The van der Waals surface area contributed by atoms with Gasteiger partial charge in [-0.3, -0.25) is 0 Å². The van der Waals surface area contributed by atoms with E-state index in [1.54, 1.807) is 18.5 Å². The minimum Gasteiger partial charge on any atom is -0.336 e. The summed E-state index contributed by atoms with van der Waals surface area (Å²) in [7, 11) is 3.50. The van der Waals surface area contributed by atoms with Crippen LogP contribution in [0, 0.1) is 0 Å². The molecule has 0 aliphatic heterocycles. The van der Waals surface area contributed by atoms with E-state index >= 15 is 0 Å². The Hall–Kier alpha value is -0.910. The van der Waals surface area contributed by atoms with Gasteiger partial charge in [-0.25, -0.2) is 4.98 Å². The van der Waals surface area contributed by atoms with Crippen molar-refractivity contribution in [3.05, 3.63) is 18.2 Å². The second kappa shape index (κ2) is 4.96. The molecule has 5 nitrogen and oxygen atoms in total. The lowest BCUT2D eigenvalue weighted by Gasteiger charge is -2.10. The summed E-state index contributed by atoms with van der Waals surface area (Å²) in [6, 6.07) is 0. The maximum absolute atomic E-state index is 5.41. The first-order chi connectivity index (χ1) is 6.26. The van der Waals surface area contributed by atoms with Gasteiger partial charge in [-0.2, -0.15) is 5.06 Å².